The highest BCUT2D eigenvalue weighted by Crippen LogP contribution is 2.13. The zero-order valence-corrected chi connectivity index (χ0v) is 15.4. The minimum Gasteiger partial charge on any atom is -0.341 e. The Morgan fingerprint density at radius 3 is 1.86 bits per heavy atom. The summed E-state index contributed by atoms with van der Waals surface area (Å²) in [6.07, 6.45) is 13.9. The molecule has 0 aromatic carbocycles. The van der Waals surface area contributed by atoms with Gasteiger partial charge in [-0.05, 0) is 12.3 Å². The van der Waals surface area contributed by atoms with Crippen LogP contribution in [0.5, 0.6) is 0 Å². The normalized spacial score (nSPS) is 15.4. The van der Waals surface area contributed by atoms with Crippen LogP contribution in [-0.2, 0) is 0 Å². The maximum Gasteiger partial charge on any atom is 0.193 e. The zero-order chi connectivity index (χ0) is 16.2. The minimum absolute atomic E-state index is 0.651. The SMILES string of the molecule is CCCCCCCCCCCCN1CCN(CC(C)C)C1=N. The van der Waals surface area contributed by atoms with Gasteiger partial charge in [0.2, 0.25) is 0 Å². The first kappa shape index (κ1) is 19.3. The van der Waals surface area contributed by atoms with Crippen LogP contribution < -0.4 is 0 Å². The second-order valence-electron chi connectivity index (χ2n) is 7.33. The van der Waals surface area contributed by atoms with Crippen molar-refractivity contribution in [2.45, 2.75) is 85.0 Å². The second-order valence-corrected chi connectivity index (χ2v) is 7.33. The molecule has 0 aliphatic carbocycles. The van der Waals surface area contributed by atoms with E-state index in [-0.39, 0.29) is 0 Å². The molecule has 3 nitrogen and oxygen atoms in total. The van der Waals surface area contributed by atoms with Crippen molar-refractivity contribution in [1.82, 2.24) is 9.80 Å². The fourth-order valence-electron chi connectivity index (χ4n) is 3.28. The Morgan fingerprint density at radius 1 is 0.818 bits per heavy atom. The molecule has 22 heavy (non-hydrogen) atoms. The maximum absolute atomic E-state index is 8.24. The summed E-state index contributed by atoms with van der Waals surface area (Å²) < 4.78 is 0. The fraction of sp³-hybridized carbons (Fsp3) is 0.947. The van der Waals surface area contributed by atoms with Crippen molar-refractivity contribution in [3.05, 3.63) is 0 Å². The molecule has 1 aliphatic heterocycles. The molecular formula is C19H39N3. The van der Waals surface area contributed by atoms with E-state index in [0.717, 1.165) is 32.1 Å². The van der Waals surface area contributed by atoms with Gasteiger partial charge < -0.3 is 9.80 Å². The van der Waals surface area contributed by atoms with Gasteiger partial charge in [0.15, 0.2) is 5.96 Å². The third-order valence-corrected chi connectivity index (χ3v) is 4.61. The summed E-state index contributed by atoms with van der Waals surface area (Å²) in [6.45, 7) is 11.0. The van der Waals surface area contributed by atoms with Gasteiger partial charge in [0.25, 0.3) is 0 Å². The molecule has 1 fully saturated rings. The van der Waals surface area contributed by atoms with Crippen LogP contribution >= 0.6 is 0 Å². The molecule has 0 aromatic heterocycles. The van der Waals surface area contributed by atoms with Gasteiger partial charge >= 0.3 is 0 Å². The third-order valence-electron chi connectivity index (χ3n) is 4.61. The topological polar surface area (TPSA) is 30.3 Å². The van der Waals surface area contributed by atoms with E-state index >= 15 is 0 Å². The van der Waals surface area contributed by atoms with E-state index in [2.05, 4.69) is 30.6 Å². The van der Waals surface area contributed by atoms with Gasteiger partial charge in [-0.1, -0.05) is 78.6 Å². The maximum atomic E-state index is 8.24. The fourth-order valence-corrected chi connectivity index (χ4v) is 3.28. The standard InChI is InChI=1S/C19H39N3/c1-4-5-6-7-8-9-10-11-12-13-14-21-15-16-22(19(21)20)17-18(2)3/h18,20H,4-17H2,1-3H3. The summed E-state index contributed by atoms with van der Waals surface area (Å²) >= 11 is 0. The van der Waals surface area contributed by atoms with E-state index in [9.17, 15) is 0 Å². The molecule has 0 radical (unpaired) electrons. The molecule has 1 heterocycles. The highest BCUT2D eigenvalue weighted by molar-refractivity contribution is 5.78. The molecule has 0 spiro atoms. The summed E-state index contributed by atoms with van der Waals surface area (Å²) in [5, 5.41) is 8.24. The second kappa shape index (κ2) is 11.8. The monoisotopic (exact) mass is 309 g/mol. The minimum atomic E-state index is 0.651. The van der Waals surface area contributed by atoms with Gasteiger partial charge in [0.05, 0.1) is 0 Å². The molecule has 0 saturated carbocycles. The van der Waals surface area contributed by atoms with Crippen LogP contribution in [0.2, 0.25) is 0 Å². The summed E-state index contributed by atoms with van der Waals surface area (Å²) in [7, 11) is 0. The van der Waals surface area contributed by atoms with E-state index in [0.29, 0.717) is 5.92 Å². The van der Waals surface area contributed by atoms with Crippen molar-refractivity contribution >= 4 is 5.96 Å². The van der Waals surface area contributed by atoms with Crippen molar-refractivity contribution in [1.29, 1.82) is 5.41 Å². The molecule has 1 saturated heterocycles. The highest BCUT2D eigenvalue weighted by atomic mass is 15.4. The van der Waals surface area contributed by atoms with Crippen LogP contribution in [0.4, 0.5) is 0 Å². The Kier molecular flexibility index (Phi) is 10.3. The lowest BCUT2D eigenvalue weighted by Gasteiger charge is -2.23. The Hall–Kier alpha value is -0.730. The molecule has 130 valence electrons. The van der Waals surface area contributed by atoms with E-state index in [1.807, 2.05) is 0 Å². The Bertz CT molecular complexity index is 288. The molecule has 0 atom stereocenters. The van der Waals surface area contributed by atoms with Crippen LogP contribution in [0.3, 0.4) is 0 Å². The first-order chi connectivity index (χ1) is 10.6. The van der Waals surface area contributed by atoms with Crippen LogP contribution in [0.15, 0.2) is 0 Å². The van der Waals surface area contributed by atoms with E-state index < -0.39 is 0 Å². The summed E-state index contributed by atoms with van der Waals surface area (Å²) in [4.78, 5) is 4.51. The van der Waals surface area contributed by atoms with Crippen LogP contribution in [-0.4, -0.2) is 41.9 Å². The predicted molar refractivity (Wildman–Crippen MR) is 97.6 cm³/mol. The van der Waals surface area contributed by atoms with Crippen molar-refractivity contribution in [3.8, 4) is 0 Å². The Labute approximate surface area is 139 Å². The molecule has 3 heteroatoms. The van der Waals surface area contributed by atoms with Crippen molar-refractivity contribution in [2.24, 2.45) is 5.92 Å². The quantitative estimate of drug-likeness (QED) is 0.479. The molecule has 0 unspecified atom stereocenters. The zero-order valence-electron chi connectivity index (χ0n) is 15.4. The lowest BCUT2D eigenvalue weighted by atomic mass is 10.1. The van der Waals surface area contributed by atoms with Crippen LogP contribution in [0.1, 0.15) is 85.0 Å². The van der Waals surface area contributed by atoms with E-state index in [1.54, 1.807) is 0 Å². The van der Waals surface area contributed by atoms with E-state index in [4.69, 9.17) is 5.41 Å². The molecule has 1 N–H and O–H groups in total. The number of unbranched alkanes of at least 4 members (excludes halogenated alkanes) is 9. The molecule has 0 bridgehead atoms. The van der Waals surface area contributed by atoms with Crippen LogP contribution in [0.25, 0.3) is 0 Å². The first-order valence-corrected chi connectivity index (χ1v) is 9.73. The third kappa shape index (κ3) is 8.05. The average Bonchev–Trinajstić information content (AvgIpc) is 2.81. The number of hydrogen-bond acceptors (Lipinski definition) is 1. The van der Waals surface area contributed by atoms with Crippen molar-refractivity contribution < 1.29 is 0 Å². The van der Waals surface area contributed by atoms with E-state index in [1.165, 1.54) is 64.2 Å². The number of rotatable bonds is 13. The lowest BCUT2D eigenvalue weighted by molar-refractivity contribution is 0.393. The molecule has 0 aromatic rings. The van der Waals surface area contributed by atoms with Gasteiger partial charge in [-0.3, -0.25) is 5.41 Å². The van der Waals surface area contributed by atoms with Gasteiger partial charge in [-0.25, -0.2) is 0 Å². The first-order valence-electron chi connectivity index (χ1n) is 9.73. The average molecular weight is 310 g/mol. The Morgan fingerprint density at radius 2 is 1.32 bits per heavy atom. The summed E-state index contributed by atoms with van der Waals surface area (Å²) in [5.41, 5.74) is 0. The largest absolute Gasteiger partial charge is 0.341 e. The number of nitrogens with one attached hydrogen (secondary N) is 1. The van der Waals surface area contributed by atoms with Crippen LogP contribution in [0, 0.1) is 11.3 Å². The number of guanidine groups is 1. The van der Waals surface area contributed by atoms with Gasteiger partial charge in [0.1, 0.15) is 0 Å². The van der Waals surface area contributed by atoms with Gasteiger partial charge in [-0.2, -0.15) is 0 Å². The van der Waals surface area contributed by atoms with Crippen molar-refractivity contribution in [3.63, 3.8) is 0 Å². The summed E-state index contributed by atoms with van der Waals surface area (Å²) in [5.74, 6) is 1.42. The van der Waals surface area contributed by atoms with Crippen molar-refractivity contribution in [2.75, 3.05) is 26.2 Å². The molecule has 1 aliphatic rings. The predicted octanol–water partition coefficient (Wildman–Crippen LogP) is 5.12. The summed E-state index contributed by atoms with van der Waals surface area (Å²) in [6, 6.07) is 0. The highest BCUT2D eigenvalue weighted by Gasteiger charge is 2.24. The number of hydrogen-bond donors (Lipinski definition) is 1. The van der Waals surface area contributed by atoms with Gasteiger partial charge in [0, 0.05) is 26.2 Å². The number of nitrogens with zero attached hydrogens (tertiary/aromatic N) is 2. The smallest absolute Gasteiger partial charge is 0.193 e. The van der Waals surface area contributed by atoms with Gasteiger partial charge in [-0.15, -0.1) is 0 Å². The lowest BCUT2D eigenvalue weighted by Crippen LogP contribution is -2.35. The molecular weight excluding hydrogens is 270 g/mol. The Balaban J connectivity index is 1.94. The molecule has 1 rings (SSSR count). The molecule has 0 amide bonds.